The number of likely N-dealkylation sites (tertiary alicyclic amines) is 1. The molecule has 1 aromatic carbocycles. The summed E-state index contributed by atoms with van der Waals surface area (Å²) in [5.74, 6) is 0. The van der Waals surface area contributed by atoms with E-state index in [4.69, 9.17) is 0 Å². The molecule has 1 saturated heterocycles. The van der Waals surface area contributed by atoms with Crippen LogP contribution in [0, 0.1) is 17.5 Å². The Bertz CT molecular complexity index is 1100. The zero-order chi connectivity index (χ0) is 24.2. The van der Waals surface area contributed by atoms with E-state index in [0.29, 0.717) is 6.54 Å². The Morgan fingerprint density at radius 2 is 1.97 bits per heavy atom. The second kappa shape index (κ2) is 10.2. The van der Waals surface area contributed by atoms with Gasteiger partial charge in [0.05, 0.1) is 0 Å². The van der Waals surface area contributed by atoms with E-state index < -0.39 is 0 Å². The van der Waals surface area contributed by atoms with Crippen LogP contribution >= 0.6 is 11.3 Å². The molecule has 0 bridgehead atoms. The summed E-state index contributed by atoms with van der Waals surface area (Å²) in [6.45, 7) is 8.82. The first kappa shape index (κ1) is 24.4. The predicted molar refractivity (Wildman–Crippen MR) is 137 cm³/mol. The number of carbonyl (C=O) groups excluding carboxylic acids is 1. The van der Waals surface area contributed by atoms with Crippen molar-refractivity contribution < 1.29 is 9.18 Å². The van der Waals surface area contributed by atoms with Crippen molar-refractivity contribution in [2.45, 2.75) is 45.6 Å². The van der Waals surface area contributed by atoms with Gasteiger partial charge in [0.2, 0.25) is 0 Å². The minimum Gasteiger partial charge on any atom is -0.337 e. The summed E-state index contributed by atoms with van der Waals surface area (Å²) in [5, 5.41) is 5.88. The lowest BCUT2D eigenvalue weighted by Crippen LogP contribution is -2.45. The monoisotopic (exact) mass is 480 g/mol. The SMILES string of the molecule is Cc1ccc(C(C)(C)N2CC[C@@](CCc3ccc(F)s3)(CNC(=O)Nc3ccccc3)C2)cn1. The first-order valence-electron chi connectivity index (χ1n) is 11.8. The summed E-state index contributed by atoms with van der Waals surface area (Å²) >= 11 is 1.21. The molecular weight excluding hydrogens is 447 g/mol. The van der Waals surface area contributed by atoms with Crippen LogP contribution < -0.4 is 10.6 Å². The minimum atomic E-state index is -0.201. The fourth-order valence-corrected chi connectivity index (χ4v) is 5.43. The standard InChI is InChI=1S/C27H33FN4OS/c1-20-9-10-21(17-29-20)26(2,3)32-16-15-27(19-32,14-13-23-11-12-24(28)34-23)18-30-25(33)31-22-7-5-4-6-8-22/h4-12,17H,13-16,18-19H2,1-3H3,(H2,30,31,33)/t27-/m0/s1. The third-order valence-corrected chi connectivity index (χ3v) is 7.97. The molecule has 3 heterocycles. The van der Waals surface area contributed by atoms with Crippen LogP contribution in [0.15, 0.2) is 60.8 Å². The molecule has 2 amide bonds. The van der Waals surface area contributed by atoms with Gasteiger partial charge in [0.25, 0.3) is 0 Å². The van der Waals surface area contributed by atoms with Crippen LogP contribution in [-0.4, -0.2) is 35.5 Å². The number of nitrogens with zero attached hydrogens (tertiary/aromatic N) is 2. The fourth-order valence-electron chi connectivity index (χ4n) is 4.70. The van der Waals surface area contributed by atoms with E-state index in [1.807, 2.05) is 49.5 Å². The zero-order valence-corrected chi connectivity index (χ0v) is 20.9. The maximum atomic E-state index is 13.6. The smallest absolute Gasteiger partial charge is 0.319 e. The second-order valence-corrected chi connectivity index (χ2v) is 10.9. The van der Waals surface area contributed by atoms with Gasteiger partial charge in [-0.1, -0.05) is 24.3 Å². The molecule has 0 spiro atoms. The number of thiophene rings is 1. The summed E-state index contributed by atoms with van der Waals surface area (Å²) in [5.41, 5.74) is 2.69. The first-order valence-corrected chi connectivity index (χ1v) is 12.6. The average molecular weight is 481 g/mol. The third-order valence-electron chi connectivity index (χ3n) is 7.03. The van der Waals surface area contributed by atoms with E-state index in [1.54, 1.807) is 0 Å². The molecule has 5 nitrogen and oxygen atoms in total. The number of urea groups is 1. The lowest BCUT2D eigenvalue weighted by atomic mass is 9.81. The summed E-state index contributed by atoms with van der Waals surface area (Å²) in [4.78, 5) is 20.7. The number of pyridine rings is 1. The highest BCUT2D eigenvalue weighted by Gasteiger charge is 2.43. The van der Waals surface area contributed by atoms with Crippen molar-refractivity contribution in [2.24, 2.45) is 5.41 Å². The summed E-state index contributed by atoms with van der Waals surface area (Å²) in [6.07, 6.45) is 4.62. The van der Waals surface area contributed by atoms with Gasteiger partial charge >= 0.3 is 6.03 Å². The number of halogens is 1. The number of nitrogens with one attached hydrogen (secondary N) is 2. The summed E-state index contributed by atoms with van der Waals surface area (Å²) in [7, 11) is 0. The van der Waals surface area contributed by atoms with Gasteiger partial charge in [0, 0.05) is 46.5 Å². The number of amides is 2. The zero-order valence-electron chi connectivity index (χ0n) is 20.1. The number of hydrogen-bond donors (Lipinski definition) is 2. The maximum Gasteiger partial charge on any atom is 0.319 e. The highest BCUT2D eigenvalue weighted by molar-refractivity contribution is 7.10. The van der Waals surface area contributed by atoms with Crippen LogP contribution in [0.5, 0.6) is 0 Å². The van der Waals surface area contributed by atoms with E-state index in [0.717, 1.165) is 48.6 Å². The van der Waals surface area contributed by atoms with Gasteiger partial charge < -0.3 is 10.6 Å². The molecule has 3 aromatic rings. The van der Waals surface area contributed by atoms with Crippen molar-refractivity contribution in [1.29, 1.82) is 0 Å². The molecule has 0 unspecified atom stereocenters. The molecule has 7 heteroatoms. The average Bonchev–Trinajstić information content (AvgIpc) is 3.45. The lowest BCUT2D eigenvalue weighted by molar-refractivity contribution is 0.127. The largest absolute Gasteiger partial charge is 0.337 e. The summed E-state index contributed by atoms with van der Waals surface area (Å²) < 4.78 is 13.6. The van der Waals surface area contributed by atoms with Crippen LogP contribution in [-0.2, 0) is 12.0 Å². The molecule has 1 fully saturated rings. The lowest BCUT2D eigenvalue weighted by Gasteiger charge is -2.38. The molecule has 0 radical (unpaired) electrons. The molecule has 2 aromatic heterocycles. The van der Waals surface area contributed by atoms with Gasteiger partial charge in [-0.2, -0.15) is 4.39 Å². The van der Waals surface area contributed by atoms with Crippen LogP contribution in [0.2, 0.25) is 0 Å². The van der Waals surface area contributed by atoms with Crippen molar-refractivity contribution in [3.8, 4) is 0 Å². The van der Waals surface area contributed by atoms with Gasteiger partial charge in [0.15, 0.2) is 5.13 Å². The Labute approximate surface area is 205 Å². The normalized spacial score (nSPS) is 18.7. The Balaban J connectivity index is 1.47. The van der Waals surface area contributed by atoms with Gasteiger partial charge in [-0.25, -0.2) is 4.79 Å². The van der Waals surface area contributed by atoms with Crippen molar-refractivity contribution in [1.82, 2.24) is 15.2 Å². The number of para-hydroxylation sites is 1. The Kier molecular flexibility index (Phi) is 7.33. The van der Waals surface area contributed by atoms with Crippen LogP contribution in [0.4, 0.5) is 14.9 Å². The molecule has 180 valence electrons. The molecule has 34 heavy (non-hydrogen) atoms. The van der Waals surface area contributed by atoms with Gasteiger partial charge in [-0.05, 0) is 82.5 Å². The number of anilines is 1. The molecule has 1 aliphatic rings. The highest BCUT2D eigenvalue weighted by Crippen LogP contribution is 2.41. The number of rotatable bonds is 8. The molecule has 1 atom stereocenters. The van der Waals surface area contributed by atoms with E-state index in [9.17, 15) is 9.18 Å². The van der Waals surface area contributed by atoms with Crippen molar-refractivity contribution in [2.75, 3.05) is 25.0 Å². The maximum absolute atomic E-state index is 13.6. The van der Waals surface area contributed by atoms with E-state index in [2.05, 4.69) is 46.5 Å². The number of hydrogen-bond acceptors (Lipinski definition) is 4. The minimum absolute atomic E-state index is 0.0934. The number of benzene rings is 1. The second-order valence-electron chi connectivity index (χ2n) is 9.80. The third kappa shape index (κ3) is 5.83. The molecule has 0 saturated carbocycles. The highest BCUT2D eigenvalue weighted by atomic mass is 32.1. The Hall–Kier alpha value is -2.77. The van der Waals surface area contributed by atoms with E-state index in [1.165, 1.54) is 23.0 Å². The molecule has 1 aliphatic heterocycles. The number of aromatic nitrogens is 1. The van der Waals surface area contributed by atoms with E-state index >= 15 is 0 Å². The van der Waals surface area contributed by atoms with Crippen LogP contribution in [0.3, 0.4) is 0 Å². The van der Waals surface area contributed by atoms with Gasteiger partial charge in [-0.15, -0.1) is 11.3 Å². The van der Waals surface area contributed by atoms with Crippen molar-refractivity contribution in [3.05, 3.63) is 82.1 Å². The molecule has 0 aliphatic carbocycles. The Morgan fingerprint density at radius 1 is 1.18 bits per heavy atom. The quantitative estimate of drug-likeness (QED) is 0.417. The predicted octanol–water partition coefficient (Wildman–Crippen LogP) is 5.97. The van der Waals surface area contributed by atoms with Gasteiger partial charge in [0.1, 0.15) is 0 Å². The molecule has 2 N–H and O–H groups in total. The fraction of sp³-hybridized carbons (Fsp3) is 0.407. The van der Waals surface area contributed by atoms with Gasteiger partial charge in [-0.3, -0.25) is 9.88 Å². The first-order chi connectivity index (χ1) is 16.3. The van der Waals surface area contributed by atoms with Crippen molar-refractivity contribution >= 4 is 23.1 Å². The Morgan fingerprint density at radius 3 is 2.65 bits per heavy atom. The van der Waals surface area contributed by atoms with Crippen LogP contribution in [0.25, 0.3) is 0 Å². The summed E-state index contributed by atoms with van der Waals surface area (Å²) in [6, 6.07) is 16.9. The molecule has 4 rings (SSSR count). The van der Waals surface area contributed by atoms with Crippen LogP contribution in [0.1, 0.15) is 42.8 Å². The number of aryl methyl sites for hydroxylation is 2. The van der Waals surface area contributed by atoms with E-state index in [-0.39, 0.29) is 22.1 Å². The van der Waals surface area contributed by atoms with Crippen molar-refractivity contribution in [3.63, 3.8) is 0 Å². The topological polar surface area (TPSA) is 57.3 Å². The number of carbonyl (C=O) groups is 1. The molecular formula is C27H33FN4OS.